The van der Waals surface area contributed by atoms with E-state index in [9.17, 15) is 4.21 Å². The molecule has 84 valence electrons. The average Bonchev–Trinajstić information content (AvgIpc) is 2.66. The minimum atomic E-state index is -1.28. The number of halogens is 1. The van der Waals surface area contributed by atoms with Crippen molar-refractivity contribution in [3.05, 3.63) is 35.5 Å². The van der Waals surface area contributed by atoms with Crippen molar-refractivity contribution < 1.29 is 8.63 Å². The summed E-state index contributed by atoms with van der Waals surface area (Å²) in [7, 11) is -1.28. The minimum absolute atomic E-state index is 0.366. The average molecular weight is 302 g/mol. The number of anilines is 2. The van der Waals surface area contributed by atoms with E-state index in [1.165, 1.54) is 10.6 Å². The smallest absolute Gasteiger partial charge is 0.242 e. The van der Waals surface area contributed by atoms with E-state index >= 15 is 0 Å². The third-order valence-electron chi connectivity index (χ3n) is 1.81. The molecule has 1 unspecified atom stereocenters. The first-order valence-corrected chi connectivity index (χ1v) is 6.64. The van der Waals surface area contributed by atoms with E-state index in [-0.39, 0.29) is 0 Å². The second-order valence-corrected chi connectivity index (χ2v) is 4.78. The molecule has 0 aromatic carbocycles. The van der Waals surface area contributed by atoms with Crippen molar-refractivity contribution in [3.63, 3.8) is 0 Å². The van der Waals surface area contributed by atoms with Crippen LogP contribution in [0.4, 0.5) is 11.6 Å². The largest absolute Gasteiger partial charge is 0.455 e. The standard InChI is InChI=1S/C9H8BrN3O2S/c1-16(14)13(7-3-6-15-8(7)10)9-11-4-2-5-12-9/h2-6H,1H3. The first kappa shape index (κ1) is 11.3. The molecule has 1 atom stereocenters. The molecule has 0 N–H and O–H groups in total. The fourth-order valence-corrected chi connectivity index (χ4v) is 2.47. The Labute approximate surface area is 103 Å². The summed E-state index contributed by atoms with van der Waals surface area (Å²) in [6.07, 6.45) is 6.24. The van der Waals surface area contributed by atoms with Crippen molar-refractivity contribution in [2.45, 2.75) is 0 Å². The van der Waals surface area contributed by atoms with Crippen LogP contribution in [0, 0.1) is 0 Å². The van der Waals surface area contributed by atoms with E-state index in [1.807, 2.05) is 0 Å². The van der Waals surface area contributed by atoms with E-state index in [1.54, 1.807) is 30.8 Å². The summed E-state index contributed by atoms with van der Waals surface area (Å²) in [6, 6.07) is 3.40. The minimum Gasteiger partial charge on any atom is -0.455 e. The third-order valence-corrected chi connectivity index (χ3v) is 3.28. The van der Waals surface area contributed by atoms with Crippen molar-refractivity contribution >= 4 is 38.6 Å². The molecule has 5 nitrogen and oxygen atoms in total. The van der Waals surface area contributed by atoms with Crippen LogP contribution in [-0.2, 0) is 11.0 Å². The Morgan fingerprint density at radius 3 is 2.62 bits per heavy atom. The number of rotatable bonds is 3. The van der Waals surface area contributed by atoms with Crippen LogP contribution in [0.5, 0.6) is 0 Å². The molecule has 16 heavy (non-hydrogen) atoms. The predicted octanol–water partition coefficient (Wildman–Crippen LogP) is 2.26. The van der Waals surface area contributed by atoms with Gasteiger partial charge in [-0.2, -0.15) is 0 Å². The lowest BCUT2D eigenvalue weighted by Gasteiger charge is -2.17. The van der Waals surface area contributed by atoms with Crippen molar-refractivity contribution in [2.24, 2.45) is 0 Å². The molecule has 0 aliphatic heterocycles. The Hall–Kier alpha value is -1.21. The summed E-state index contributed by atoms with van der Waals surface area (Å²) in [5, 5.41) is 0. The highest BCUT2D eigenvalue weighted by Gasteiger charge is 2.19. The molecule has 0 aliphatic rings. The lowest BCUT2D eigenvalue weighted by Crippen LogP contribution is -2.20. The van der Waals surface area contributed by atoms with Gasteiger partial charge in [0.15, 0.2) is 4.67 Å². The van der Waals surface area contributed by atoms with Gasteiger partial charge in [0.25, 0.3) is 0 Å². The van der Waals surface area contributed by atoms with E-state index in [0.717, 1.165) is 0 Å². The van der Waals surface area contributed by atoms with Crippen LogP contribution in [0.1, 0.15) is 0 Å². The topological polar surface area (TPSA) is 59.2 Å². The molecule has 0 aliphatic carbocycles. The Bertz CT molecular complexity index is 502. The number of nitrogens with zero attached hydrogens (tertiary/aromatic N) is 3. The van der Waals surface area contributed by atoms with Gasteiger partial charge in [-0.05, 0) is 22.0 Å². The highest BCUT2D eigenvalue weighted by Crippen LogP contribution is 2.31. The van der Waals surface area contributed by atoms with Crippen LogP contribution < -0.4 is 4.31 Å². The molecule has 0 amide bonds. The van der Waals surface area contributed by atoms with Gasteiger partial charge < -0.3 is 4.42 Å². The van der Waals surface area contributed by atoms with Crippen LogP contribution in [0.15, 0.2) is 39.9 Å². The Balaban J connectivity index is 2.48. The molecule has 0 radical (unpaired) electrons. The highest BCUT2D eigenvalue weighted by atomic mass is 79.9. The number of furan rings is 1. The van der Waals surface area contributed by atoms with Gasteiger partial charge in [0.05, 0.1) is 6.26 Å². The first-order chi connectivity index (χ1) is 7.70. The normalized spacial score (nSPS) is 12.4. The molecule has 0 fully saturated rings. The summed E-state index contributed by atoms with van der Waals surface area (Å²) in [4.78, 5) is 8.11. The fourth-order valence-electron chi connectivity index (χ4n) is 1.19. The zero-order valence-electron chi connectivity index (χ0n) is 8.33. The second kappa shape index (κ2) is 4.75. The number of hydrogen-bond acceptors (Lipinski definition) is 4. The number of aromatic nitrogens is 2. The van der Waals surface area contributed by atoms with Crippen molar-refractivity contribution in [3.8, 4) is 0 Å². The molecule has 2 heterocycles. The Kier molecular flexibility index (Phi) is 3.35. The Morgan fingerprint density at radius 2 is 2.12 bits per heavy atom. The quantitative estimate of drug-likeness (QED) is 0.872. The van der Waals surface area contributed by atoms with E-state index in [2.05, 4.69) is 25.9 Å². The molecule has 2 aromatic rings. The van der Waals surface area contributed by atoms with Gasteiger partial charge in [-0.15, -0.1) is 0 Å². The van der Waals surface area contributed by atoms with E-state index in [4.69, 9.17) is 4.42 Å². The summed E-state index contributed by atoms with van der Waals surface area (Å²) < 4.78 is 18.8. The maximum atomic E-state index is 11.7. The van der Waals surface area contributed by atoms with Crippen molar-refractivity contribution in [1.29, 1.82) is 0 Å². The molecular formula is C9H8BrN3O2S. The molecular weight excluding hydrogens is 294 g/mol. The third kappa shape index (κ3) is 2.14. The fraction of sp³-hybridized carbons (Fsp3) is 0.111. The molecule has 2 aromatic heterocycles. The van der Waals surface area contributed by atoms with Gasteiger partial charge >= 0.3 is 0 Å². The predicted molar refractivity (Wildman–Crippen MR) is 64.6 cm³/mol. The van der Waals surface area contributed by atoms with Crippen LogP contribution in [-0.4, -0.2) is 20.4 Å². The maximum Gasteiger partial charge on any atom is 0.242 e. The molecule has 7 heteroatoms. The SMILES string of the molecule is CS(=O)N(c1ncccn1)c1ccoc1Br. The molecule has 0 bridgehead atoms. The molecule has 2 rings (SSSR count). The number of hydrogen-bond donors (Lipinski definition) is 0. The zero-order valence-corrected chi connectivity index (χ0v) is 10.7. The molecule has 0 saturated carbocycles. The lowest BCUT2D eigenvalue weighted by atomic mass is 10.5. The van der Waals surface area contributed by atoms with E-state index < -0.39 is 11.0 Å². The van der Waals surface area contributed by atoms with Gasteiger partial charge in [-0.1, -0.05) is 0 Å². The second-order valence-electron chi connectivity index (χ2n) is 2.85. The zero-order chi connectivity index (χ0) is 11.5. The van der Waals surface area contributed by atoms with Crippen LogP contribution in [0.2, 0.25) is 0 Å². The van der Waals surface area contributed by atoms with Gasteiger partial charge in [-0.25, -0.2) is 18.5 Å². The summed E-state index contributed by atoms with van der Waals surface area (Å²) >= 11 is 3.23. The lowest BCUT2D eigenvalue weighted by molar-refractivity contribution is 0.542. The van der Waals surface area contributed by atoms with Crippen LogP contribution in [0.3, 0.4) is 0 Å². The maximum absolute atomic E-state index is 11.7. The summed E-state index contributed by atoms with van der Waals surface area (Å²) in [5.41, 5.74) is 0.632. The highest BCUT2D eigenvalue weighted by molar-refractivity contribution is 9.10. The van der Waals surface area contributed by atoms with Gasteiger partial charge in [-0.3, -0.25) is 0 Å². The monoisotopic (exact) mass is 301 g/mol. The van der Waals surface area contributed by atoms with Crippen LogP contribution in [0.25, 0.3) is 0 Å². The van der Waals surface area contributed by atoms with Gasteiger partial charge in [0.2, 0.25) is 5.95 Å². The first-order valence-electron chi connectivity index (χ1n) is 4.34. The molecule has 0 spiro atoms. The molecule has 0 saturated heterocycles. The summed E-state index contributed by atoms with van der Waals surface area (Å²) in [6.45, 7) is 0. The van der Waals surface area contributed by atoms with E-state index in [0.29, 0.717) is 16.3 Å². The van der Waals surface area contributed by atoms with Crippen LogP contribution >= 0.6 is 15.9 Å². The Morgan fingerprint density at radius 1 is 1.44 bits per heavy atom. The van der Waals surface area contributed by atoms with Crippen molar-refractivity contribution in [1.82, 2.24) is 9.97 Å². The summed E-state index contributed by atoms with van der Waals surface area (Å²) in [5.74, 6) is 0.366. The van der Waals surface area contributed by atoms with Gasteiger partial charge in [0, 0.05) is 24.7 Å². The van der Waals surface area contributed by atoms with Gasteiger partial charge in [0.1, 0.15) is 16.7 Å². The van der Waals surface area contributed by atoms with Crippen molar-refractivity contribution in [2.75, 3.05) is 10.6 Å².